The van der Waals surface area contributed by atoms with E-state index < -0.39 is 0 Å². The molecule has 1 aromatic carbocycles. The minimum Gasteiger partial charge on any atom is -0.360 e. The van der Waals surface area contributed by atoms with Crippen LogP contribution in [0.5, 0.6) is 0 Å². The quantitative estimate of drug-likeness (QED) is 0.576. The number of aromatic amines is 1. The SMILES string of the molecule is N#CC(=CNc1ccccc1C(=O)NCc1cccnc1)c1nn[nH]n1. The molecule has 0 spiro atoms. The number of nitriles is 1. The summed E-state index contributed by atoms with van der Waals surface area (Å²) in [6.07, 6.45) is 4.79. The third-order valence-electron chi connectivity index (χ3n) is 3.43. The third kappa shape index (κ3) is 4.07. The Morgan fingerprint density at radius 2 is 2.15 bits per heavy atom. The average molecular weight is 346 g/mol. The number of rotatable bonds is 6. The lowest BCUT2D eigenvalue weighted by Crippen LogP contribution is -2.23. The molecular formula is C17H14N8O. The Balaban J connectivity index is 1.73. The number of nitrogens with one attached hydrogen (secondary N) is 3. The molecule has 0 saturated carbocycles. The fraction of sp³-hybridized carbons (Fsp3) is 0.0588. The Hall–Kier alpha value is -4.06. The van der Waals surface area contributed by atoms with Crippen LogP contribution in [0.4, 0.5) is 5.69 Å². The van der Waals surface area contributed by atoms with Crippen molar-refractivity contribution in [3.8, 4) is 6.07 Å². The van der Waals surface area contributed by atoms with Crippen LogP contribution in [0.1, 0.15) is 21.7 Å². The molecule has 2 heterocycles. The summed E-state index contributed by atoms with van der Waals surface area (Å²) in [6.45, 7) is 0.364. The van der Waals surface area contributed by atoms with Gasteiger partial charge in [0.15, 0.2) is 0 Å². The molecule has 3 aromatic rings. The van der Waals surface area contributed by atoms with Gasteiger partial charge in [0.1, 0.15) is 11.6 Å². The molecule has 1 amide bonds. The number of carbonyl (C=O) groups is 1. The highest BCUT2D eigenvalue weighted by Gasteiger charge is 2.11. The summed E-state index contributed by atoms with van der Waals surface area (Å²) < 4.78 is 0. The Labute approximate surface area is 148 Å². The zero-order chi connectivity index (χ0) is 18.2. The maximum absolute atomic E-state index is 12.5. The standard InChI is InChI=1S/C17H14N8O/c18-8-13(16-22-24-25-23-16)11-20-15-6-2-1-5-14(15)17(26)21-10-12-4-3-7-19-9-12/h1-7,9,11,20H,10H2,(H,21,26)(H,22,23,24,25). The van der Waals surface area contributed by atoms with Crippen molar-refractivity contribution >= 4 is 17.2 Å². The van der Waals surface area contributed by atoms with Gasteiger partial charge in [-0.15, -0.1) is 10.2 Å². The predicted octanol–water partition coefficient (Wildman–Crippen LogP) is 1.50. The van der Waals surface area contributed by atoms with Gasteiger partial charge >= 0.3 is 0 Å². The van der Waals surface area contributed by atoms with Crippen LogP contribution in [-0.2, 0) is 6.54 Å². The lowest BCUT2D eigenvalue weighted by molar-refractivity contribution is 0.0951. The Bertz CT molecular complexity index is 944. The van der Waals surface area contributed by atoms with Crippen molar-refractivity contribution in [3.05, 3.63) is 71.9 Å². The van der Waals surface area contributed by atoms with E-state index in [1.165, 1.54) is 6.20 Å². The van der Waals surface area contributed by atoms with E-state index in [0.717, 1.165) is 5.56 Å². The van der Waals surface area contributed by atoms with Gasteiger partial charge in [-0.25, -0.2) is 0 Å². The number of amides is 1. The van der Waals surface area contributed by atoms with Gasteiger partial charge in [-0.1, -0.05) is 18.2 Å². The summed E-state index contributed by atoms with van der Waals surface area (Å²) in [5, 5.41) is 28.2. The van der Waals surface area contributed by atoms with Gasteiger partial charge in [0.05, 0.1) is 11.3 Å². The normalized spacial score (nSPS) is 10.8. The van der Waals surface area contributed by atoms with Crippen molar-refractivity contribution in [1.82, 2.24) is 30.9 Å². The summed E-state index contributed by atoms with van der Waals surface area (Å²) in [5.41, 5.74) is 2.07. The maximum atomic E-state index is 12.5. The third-order valence-corrected chi connectivity index (χ3v) is 3.43. The molecule has 0 unspecified atom stereocenters. The fourth-order valence-corrected chi connectivity index (χ4v) is 2.16. The molecule has 9 heteroatoms. The second-order valence-corrected chi connectivity index (χ2v) is 5.14. The molecule has 26 heavy (non-hydrogen) atoms. The highest BCUT2D eigenvalue weighted by atomic mass is 16.1. The van der Waals surface area contributed by atoms with Gasteiger partial charge in [0, 0.05) is 25.1 Å². The van der Waals surface area contributed by atoms with Crippen LogP contribution in [0, 0.1) is 11.3 Å². The fourth-order valence-electron chi connectivity index (χ4n) is 2.16. The zero-order valence-electron chi connectivity index (χ0n) is 13.5. The largest absolute Gasteiger partial charge is 0.360 e. The van der Waals surface area contributed by atoms with Crippen LogP contribution in [0.2, 0.25) is 0 Å². The van der Waals surface area contributed by atoms with Crippen molar-refractivity contribution in [3.63, 3.8) is 0 Å². The number of nitrogens with zero attached hydrogens (tertiary/aromatic N) is 5. The number of carbonyl (C=O) groups excluding carboxylic acids is 1. The lowest BCUT2D eigenvalue weighted by Gasteiger charge is -2.10. The van der Waals surface area contributed by atoms with Crippen molar-refractivity contribution < 1.29 is 4.79 Å². The molecule has 0 aliphatic carbocycles. The van der Waals surface area contributed by atoms with E-state index in [1.54, 1.807) is 36.7 Å². The number of aromatic nitrogens is 5. The first-order valence-electron chi connectivity index (χ1n) is 7.64. The highest BCUT2D eigenvalue weighted by molar-refractivity contribution is 5.99. The first-order chi connectivity index (χ1) is 12.8. The molecule has 3 N–H and O–H groups in total. The Morgan fingerprint density at radius 1 is 1.27 bits per heavy atom. The number of H-pyrrole nitrogens is 1. The van der Waals surface area contributed by atoms with E-state index in [1.807, 2.05) is 18.2 Å². The van der Waals surface area contributed by atoms with E-state index in [-0.39, 0.29) is 17.3 Å². The number of para-hydroxylation sites is 1. The number of tetrazole rings is 1. The highest BCUT2D eigenvalue weighted by Crippen LogP contribution is 2.17. The van der Waals surface area contributed by atoms with Crippen LogP contribution < -0.4 is 10.6 Å². The van der Waals surface area contributed by atoms with Crippen LogP contribution in [0.3, 0.4) is 0 Å². The molecule has 0 bridgehead atoms. The molecule has 9 nitrogen and oxygen atoms in total. The number of allylic oxidation sites excluding steroid dienone is 1. The topological polar surface area (TPSA) is 132 Å². The van der Waals surface area contributed by atoms with Gasteiger partial charge < -0.3 is 10.6 Å². The number of pyridine rings is 1. The molecule has 0 saturated heterocycles. The van der Waals surface area contributed by atoms with Crippen LogP contribution in [-0.4, -0.2) is 31.5 Å². The van der Waals surface area contributed by atoms with Crippen molar-refractivity contribution in [1.29, 1.82) is 5.26 Å². The summed E-state index contributed by atoms with van der Waals surface area (Å²) in [7, 11) is 0. The molecule has 0 atom stereocenters. The number of anilines is 1. The molecule has 2 aromatic heterocycles. The minimum absolute atomic E-state index is 0.165. The predicted molar refractivity (Wildman–Crippen MR) is 93.2 cm³/mol. The summed E-state index contributed by atoms with van der Waals surface area (Å²) >= 11 is 0. The second-order valence-electron chi connectivity index (χ2n) is 5.14. The van der Waals surface area contributed by atoms with E-state index in [4.69, 9.17) is 0 Å². The Kier molecular flexibility index (Phi) is 5.27. The Morgan fingerprint density at radius 3 is 2.88 bits per heavy atom. The van der Waals surface area contributed by atoms with Gasteiger partial charge in [-0.2, -0.15) is 10.5 Å². The molecular weight excluding hydrogens is 332 g/mol. The monoisotopic (exact) mass is 346 g/mol. The van der Waals surface area contributed by atoms with Crippen LogP contribution in [0.25, 0.3) is 5.57 Å². The van der Waals surface area contributed by atoms with Gasteiger partial charge in [0.2, 0.25) is 5.82 Å². The first kappa shape index (κ1) is 16.8. The molecule has 0 aliphatic heterocycles. The number of hydrogen-bond donors (Lipinski definition) is 3. The van der Waals surface area contributed by atoms with Gasteiger partial charge in [-0.05, 0) is 29.0 Å². The van der Waals surface area contributed by atoms with E-state index in [0.29, 0.717) is 17.8 Å². The van der Waals surface area contributed by atoms with Crippen LogP contribution in [0.15, 0.2) is 55.0 Å². The molecule has 0 fully saturated rings. The van der Waals surface area contributed by atoms with Crippen molar-refractivity contribution in [2.45, 2.75) is 6.54 Å². The lowest BCUT2D eigenvalue weighted by atomic mass is 10.1. The van der Waals surface area contributed by atoms with Crippen molar-refractivity contribution in [2.24, 2.45) is 0 Å². The number of benzene rings is 1. The van der Waals surface area contributed by atoms with E-state index >= 15 is 0 Å². The van der Waals surface area contributed by atoms with E-state index in [9.17, 15) is 10.1 Å². The summed E-state index contributed by atoms with van der Waals surface area (Å²) in [4.78, 5) is 16.5. The molecule has 3 rings (SSSR count). The number of hydrogen-bond acceptors (Lipinski definition) is 7. The summed E-state index contributed by atoms with van der Waals surface area (Å²) in [5.74, 6) is -0.0815. The van der Waals surface area contributed by atoms with Gasteiger partial charge in [-0.3, -0.25) is 9.78 Å². The average Bonchev–Trinajstić information content (AvgIpc) is 3.22. The molecule has 128 valence electrons. The molecule has 0 radical (unpaired) electrons. The smallest absolute Gasteiger partial charge is 0.253 e. The van der Waals surface area contributed by atoms with E-state index in [2.05, 4.69) is 36.2 Å². The minimum atomic E-state index is -0.247. The van der Waals surface area contributed by atoms with Crippen molar-refractivity contribution in [2.75, 3.05) is 5.32 Å². The second kappa shape index (κ2) is 8.16. The maximum Gasteiger partial charge on any atom is 0.253 e. The molecule has 0 aliphatic rings. The van der Waals surface area contributed by atoms with Crippen LogP contribution >= 0.6 is 0 Å². The zero-order valence-corrected chi connectivity index (χ0v) is 13.5. The summed E-state index contributed by atoms with van der Waals surface area (Å²) in [6, 6.07) is 12.6. The van der Waals surface area contributed by atoms with Gasteiger partial charge in [0.25, 0.3) is 5.91 Å². The first-order valence-corrected chi connectivity index (χ1v) is 7.64.